The molecule has 0 unspecified atom stereocenters. The number of hydrogen-bond acceptors (Lipinski definition) is 6. The van der Waals surface area contributed by atoms with E-state index in [2.05, 4.69) is 20.5 Å². The second kappa shape index (κ2) is 8.16. The molecule has 0 saturated carbocycles. The van der Waals surface area contributed by atoms with Crippen molar-refractivity contribution < 1.29 is 0 Å². The number of nitrogens with zero attached hydrogens (tertiary/aromatic N) is 6. The highest BCUT2D eigenvalue weighted by atomic mass is 16.2. The Hall–Kier alpha value is -4.01. The van der Waals surface area contributed by atoms with E-state index in [1.54, 1.807) is 30.2 Å². The van der Waals surface area contributed by atoms with E-state index >= 15 is 0 Å². The van der Waals surface area contributed by atoms with Crippen molar-refractivity contribution in [3.8, 4) is 0 Å². The molecular formula is C21H21N7O2. The second-order valence-electron chi connectivity index (χ2n) is 6.86. The van der Waals surface area contributed by atoms with Gasteiger partial charge in [-0.05, 0) is 18.1 Å². The van der Waals surface area contributed by atoms with Crippen LogP contribution in [-0.4, -0.2) is 29.9 Å². The number of rotatable bonds is 6. The van der Waals surface area contributed by atoms with Gasteiger partial charge < -0.3 is 4.57 Å². The molecule has 1 N–H and O–H groups in total. The zero-order valence-electron chi connectivity index (χ0n) is 16.7. The number of aromatic nitrogens is 5. The third-order valence-electron chi connectivity index (χ3n) is 4.88. The number of anilines is 1. The molecule has 1 aromatic carbocycles. The Kier molecular flexibility index (Phi) is 5.25. The molecule has 3 aromatic heterocycles. The maximum absolute atomic E-state index is 12.9. The Morgan fingerprint density at radius 2 is 1.87 bits per heavy atom. The minimum Gasteiger partial charge on any atom is -0.303 e. The van der Waals surface area contributed by atoms with E-state index in [0.717, 1.165) is 15.7 Å². The van der Waals surface area contributed by atoms with Crippen LogP contribution >= 0.6 is 0 Å². The van der Waals surface area contributed by atoms with Crippen molar-refractivity contribution in [1.29, 1.82) is 0 Å². The smallest absolute Gasteiger partial charge is 0.303 e. The van der Waals surface area contributed by atoms with E-state index < -0.39 is 11.2 Å². The van der Waals surface area contributed by atoms with Crippen molar-refractivity contribution in [2.24, 2.45) is 19.2 Å². The van der Waals surface area contributed by atoms with Gasteiger partial charge in [-0.2, -0.15) is 10.1 Å². The molecule has 0 bridgehead atoms. The molecule has 0 aliphatic carbocycles. The lowest BCUT2D eigenvalue weighted by atomic mass is 10.1. The van der Waals surface area contributed by atoms with Crippen LogP contribution < -0.4 is 16.7 Å². The Morgan fingerprint density at radius 1 is 1.07 bits per heavy atom. The Bertz CT molecular complexity index is 1320. The molecule has 4 aromatic rings. The zero-order chi connectivity index (χ0) is 21.1. The monoisotopic (exact) mass is 403 g/mol. The zero-order valence-corrected chi connectivity index (χ0v) is 16.7. The molecule has 9 heteroatoms. The van der Waals surface area contributed by atoms with E-state index in [9.17, 15) is 9.59 Å². The molecular weight excluding hydrogens is 382 g/mol. The number of imidazole rings is 1. The molecule has 0 radical (unpaired) electrons. The first-order valence-electron chi connectivity index (χ1n) is 9.45. The Morgan fingerprint density at radius 3 is 2.60 bits per heavy atom. The molecule has 0 amide bonds. The second-order valence-corrected chi connectivity index (χ2v) is 6.86. The lowest BCUT2D eigenvalue weighted by molar-refractivity contribution is 0.687. The molecule has 0 fully saturated rings. The molecule has 4 rings (SSSR count). The van der Waals surface area contributed by atoms with Gasteiger partial charge in [-0.25, -0.2) is 10.2 Å². The fraction of sp³-hybridized carbons (Fsp3) is 0.190. The first-order valence-corrected chi connectivity index (χ1v) is 9.45. The van der Waals surface area contributed by atoms with Crippen molar-refractivity contribution in [1.82, 2.24) is 23.7 Å². The molecule has 0 atom stereocenters. The maximum atomic E-state index is 12.9. The van der Waals surface area contributed by atoms with Crippen molar-refractivity contribution in [2.45, 2.75) is 13.0 Å². The largest absolute Gasteiger partial charge is 0.332 e. The highest BCUT2D eigenvalue weighted by molar-refractivity contribution is 5.80. The highest BCUT2D eigenvalue weighted by Crippen LogP contribution is 2.17. The third-order valence-corrected chi connectivity index (χ3v) is 4.88. The van der Waals surface area contributed by atoms with Gasteiger partial charge in [0.2, 0.25) is 5.95 Å². The Labute approximate surface area is 172 Å². The van der Waals surface area contributed by atoms with E-state index in [0.29, 0.717) is 30.1 Å². The predicted octanol–water partition coefficient (Wildman–Crippen LogP) is 1.52. The number of aryl methyl sites for hydroxylation is 3. The first-order chi connectivity index (χ1) is 14.6. The van der Waals surface area contributed by atoms with Crippen molar-refractivity contribution in [3.05, 3.63) is 86.8 Å². The molecule has 152 valence electrons. The summed E-state index contributed by atoms with van der Waals surface area (Å²) in [5.41, 5.74) is 4.72. The summed E-state index contributed by atoms with van der Waals surface area (Å²) in [4.78, 5) is 33.7. The molecule has 0 saturated heterocycles. The van der Waals surface area contributed by atoms with E-state index in [1.165, 1.54) is 11.6 Å². The van der Waals surface area contributed by atoms with Crippen molar-refractivity contribution in [2.75, 3.05) is 5.43 Å². The van der Waals surface area contributed by atoms with Gasteiger partial charge in [-0.1, -0.05) is 36.4 Å². The van der Waals surface area contributed by atoms with Crippen LogP contribution in [0.25, 0.3) is 11.2 Å². The maximum Gasteiger partial charge on any atom is 0.332 e. The van der Waals surface area contributed by atoms with Gasteiger partial charge in [0.05, 0.1) is 6.21 Å². The topological polar surface area (TPSA) is 99.1 Å². The summed E-state index contributed by atoms with van der Waals surface area (Å²) in [5.74, 6) is 0.388. The van der Waals surface area contributed by atoms with E-state index in [-0.39, 0.29) is 0 Å². The van der Waals surface area contributed by atoms with Crippen LogP contribution in [0.5, 0.6) is 0 Å². The van der Waals surface area contributed by atoms with Crippen LogP contribution in [0.4, 0.5) is 5.95 Å². The number of fused-ring (bicyclic) bond motifs is 1. The summed E-state index contributed by atoms with van der Waals surface area (Å²) >= 11 is 0. The van der Waals surface area contributed by atoms with Crippen LogP contribution in [0.3, 0.4) is 0 Å². The van der Waals surface area contributed by atoms with Crippen molar-refractivity contribution in [3.63, 3.8) is 0 Å². The minimum absolute atomic E-state index is 0.315. The standard InChI is InChI=1S/C21H21N7O2/c1-26-18-17(19(29)27(2)21(26)30)28(12-10-15-7-4-3-5-8-15)20(24-18)25-23-14-16-9-6-11-22-13-16/h3-9,11,13-14H,10,12H2,1-2H3,(H,24,25). The lowest BCUT2D eigenvalue weighted by Crippen LogP contribution is -2.37. The van der Waals surface area contributed by atoms with E-state index in [4.69, 9.17) is 0 Å². The number of nitrogens with one attached hydrogen (secondary N) is 1. The summed E-state index contributed by atoms with van der Waals surface area (Å²) < 4.78 is 4.22. The van der Waals surface area contributed by atoms with Crippen LogP contribution in [-0.2, 0) is 27.1 Å². The number of hydrogen-bond donors (Lipinski definition) is 1. The van der Waals surface area contributed by atoms with Crippen LogP contribution in [0, 0.1) is 0 Å². The average Bonchev–Trinajstić information content (AvgIpc) is 3.15. The van der Waals surface area contributed by atoms with Crippen LogP contribution in [0.15, 0.2) is 69.5 Å². The van der Waals surface area contributed by atoms with Crippen LogP contribution in [0.1, 0.15) is 11.1 Å². The van der Waals surface area contributed by atoms with E-state index in [1.807, 2.05) is 42.5 Å². The Balaban J connectivity index is 1.76. The molecule has 0 spiro atoms. The molecule has 0 aliphatic rings. The minimum atomic E-state index is -0.425. The van der Waals surface area contributed by atoms with Gasteiger partial charge in [0, 0.05) is 38.6 Å². The summed E-state index contributed by atoms with van der Waals surface area (Å²) in [6.07, 6.45) is 5.68. The fourth-order valence-electron chi connectivity index (χ4n) is 3.25. The molecule has 3 heterocycles. The number of benzene rings is 1. The summed E-state index contributed by atoms with van der Waals surface area (Å²) in [7, 11) is 3.06. The van der Waals surface area contributed by atoms with Crippen LogP contribution in [0.2, 0.25) is 0 Å². The predicted molar refractivity (Wildman–Crippen MR) is 116 cm³/mol. The normalized spacial score (nSPS) is 11.4. The molecule has 0 aliphatic heterocycles. The SMILES string of the molecule is Cn1c(=O)c2c(nc(NN=Cc3cccnc3)n2CCc2ccccc2)n(C)c1=O. The summed E-state index contributed by atoms with van der Waals surface area (Å²) in [6, 6.07) is 13.7. The number of hydrazone groups is 1. The average molecular weight is 403 g/mol. The molecule has 30 heavy (non-hydrogen) atoms. The van der Waals surface area contributed by atoms with Gasteiger partial charge in [-0.3, -0.25) is 18.9 Å². The van der Waals surface area contributed by atoms with Gasteiger partial charge in [0.1, 0.15) is 0 Å². The molecule has 9 nitrogen and oxygen atoms in total. The number of pyridine rings is 1. The van der Waals surface area contributed by atoms with Gasteiger partial charge in [0.15, 0.2) is 11.2 Å². The van der Waals surface area contributed by atoms with Gasteiger partial charge >= 0.3 is 5.69 Å². The quantitative estimate of drug-likeness (QED) is 0.389. The lowest BCUT2D eigenvalue weighted by Gasteiger charge is -2.09. The van der Waals surface area contributed by atoms with Gasteiger partial charge in [0.25, 0.3) is 5.56 Å². The fourth-order valence-corrected chi connectivity index (χ4v) is 3.25. The highest BCUT2D eigenvalue weighted by Gasteiger charge is 2.18. The van der Waals surface area contributed by atoms with Gasteiger partial charge in [-0.15, -0.1) is 0 Å². The summed E-state index contributed by atoms with van der Waals surface area (Å²) in [5, 5.41) is 4.23. The first kappa shape index (κ1) is 19.3. The van der Waals surface area contributed by atoms with Crippen molar-refractivity contribution >= 4 is 23.3 Å². The third kappa shape index (κ3) is 3.64. The summed E-state index contributed by atoms with van der Waals surface area (Å²) in [6.45, 7) is 0.499.